The second kappa shape index (κ2) is 7.24. The number of hydrogen-bond donors (Lipinski definition) is 2. The number of urea groups is 1. The SMILES string of the molecule is CCC(C)CNC(=O)N1CCCCCC1C(=O)O. The molecule has 1 aliphatic rings. The zero-order chi connectivity index (χ0) is 13.5. The van der Waals surface area contributed by atoms with Gasteiger partial charge in [0.15, 0.2) is 0 Å². The number of nitrogens with zero attached hydrogens (tertiary/aromatic N) is 1. The normalized spacial score (nSPS) is 22.1. The number of likely N-dealkylation sites (tertiary alicyclic amines) is 1. The third kappa shape index (κ3) is 4.20. The maximum atomic E-state index is 12.0. The van der Waals surface area contributed by atoms with Crippen LogP contribution in [0.15, 0.2) is 0 Å². The van der Waals surface area contributed by atoms with Gasteiger partial charge < -0.3 is 15.3 Å². The molecule has 5 heteroatoms. The first-order valence-electron chi connectivity index (χ1n) is 6.83. The van der Waals surface area contributed by atoms with E-state index in [1.54, 1.807) is 0 Å². The molecule has 0 aromatic rings. The average Bonchev–Trinajstić information content (AvgIpc) is 2.60. The van der Waals surface area contributed by atoms with E-state index < -0.39 is 12.0 Å². The lowest BCUT2D eigenvalue weighted by Gasteiger charge is -2.27. The first kappa shape index (κ1) is 14.8. The molecule has 0 aromatic carbocycles. The highest BCUT2D eigenvalue weighted by molar-refractivity contribution is 5.82. The molecule has 0 bridgehead atoms. The van der Waals surface area contributed by atoms with E-state index in [-0.39, 0.29) is 6.03 Å². The zero-order valence-electron chi connectivity index (χ0n) is 11.3. The molecule has 1 heterocycles. The number of hydrogen-bond acceptors (Lipinski definition) is 2. The summed E-state index contributed by atoms with van der Waals surface area (Å²) < 4.78 is 0. The molecular weight excluding hydrogens is 232 g/mol. The van der Waals surface area contributed by atoms with Crippen molar-refractivity contribution in [2.45, 2.75) is 52.0 Å². The van der Waals surface area contributed by atoms with Gasteiger partial charge in [-0.05, 0) is 18.8 Å². The van der Waals surface area contributed by atoms with Gasteiger partial charge in [-0.2, -0.15) is 0 Å². The van der Waals surface area contributed by atoms with Crippen molar-refractivity contribution in [3.05, 3.63) is 0 Å². The van der Waals surface area contributed by atoms with Gasteiger partial charge in [-0.3, -0.25) is 0 Å². The van der Waals surface area contributed by atoms with Crippen LogP contribution in [-0.4, -0.2) is 41.1 Å². The van der Waals surface area contributed by atoms with Gasteiger partial charge in [0, 0.05) is 13.1 Å². The fraction of sp³-hybridized carbons (Fsp3) is 0.846. The minimum atomic E-state index is -0.893. The number of rotatable bonds is 4. The molecule has 5 nitrogen and oxygen atoms in total. The first-order valence-corrected chi connectivity index (χ1v) is 6.83. The Balaban J connectivity index is 2.58. The molecule has 0 saturated carbocycles. The summed E-state index contributed by atoms with van der Waals surface area (Å²) in [7, 11) is 0. The Hall–Kier alpha value is -1.26. The molecular formula is C13H24N2O3. The van der Waals surface area contributed by atoms with Gasteiger partial charge in [-0.1, -0.05) is 33.1 Å². The number of nitrogens with one attached hydrogen (secondary N) is 1. The lowest BCUT2D eigenvalue weighted by Crippen LogP contribution is -2.50. The Bertz CT molecular complexity index is 294. The van der Waals surface area contributed by atoms with E-state index >= 15 is 0 Å². The van der Waals surface area contributed by atoms with E-state index in [1.807, 2.05) is 0 Å². The quantitative estimate of drug-likeness (QED) is 0.809. The van der Waals surface area contributed by atoms with Crippen LogP contribution in [0.25, 0.3) is 0 Å². The van der Waals surface area contributed by atoms with Crippen molar-refractivity contribution in [1.82, 2.24) is 10.2 Å². The third-order valence-electron chi connectivity index (χ3n) is 3.60. The summed E-state index contributed by atoms with van der Waals surface area (Å²) in [4.78, 5) is 24.7. The standard InChI is InChI=1S/C13H24N2O3/c1-3-10(2)9-14-13(18)15-8-6-4-5-7-11(15)12(16)17/h10-11H,3-9H2,1-2H3,(H,14,18)(H,16,17). The molecule has 0 spiro atoms. The maximum Gasteiger partial charge on any atom is 0.326 e. The molecule has 1 aliphatic heterocycles. The summed E-state index contributed by atoms with van der Waals surface area (Å²) in [5.74, 6) is -0.472. The van der Waals surface area contributed by atoms with Gasteiger partial charge in [0.05, 0.1) is 0 Å². The van der Waals surface area contributed by atoms with Crippen LogP contribution in [0, 0.1) is 5.92 Å². The molecule has 0 radical (unpaired) electrons. The average molecular weight is 256 g/mol. The highest BCUT2D eigenvalue weighted by atomic mass is 16.4. The zero-order valence-corrected chi connectivity index (χ0v) is 11.3. The molecule has 1 rings (SSSR count). The molecule has 104 valence electrons. The van der Waals surface area contributed by atoms with E-state index in [4.69, 9.17) is 0 Å². The lowest BCUT2D eigenvalue weighted by atomic mass is 10.1. The molecule has 1 fully saturated rings. The van der Waals surface area contributed by atoms with Gasteiger partial charge >= 0.3 is 12.0 Å². The highest BCUT2D eigenvalue weighted by Gasteiger charge is 2.30. The molecule has 2 unspecified atom stereocenters. The predicted molar refractivity (Wildman–Crippen MR) is 69.5 cm³/mol. The fourth-order valence-corrected chi connectivity index (χ4v) is 2.12. The minimum absolute atomic E-state index is 0.232. The third-order valence-corrected chi connectivity index (χ3v) is 3.60. The molecule has 1 saturated heterocycles. The molecule has 2 atom stereocenters. The number of carbonyl (C=O) groups excluding carboxylic acids is 1. The van der Waals surface area contributed by atoms with Crippen LogP contribution in [0.3, 0.4) is 0 Å². The van der Waals surface area contributed by atoms with Gasteiger partial charge in [-0.15, -0.1) is 0 Å². The van der Waals surface area contributed by atoms with Crippen molar-refractivity contribution in [2.24, 2.45) is 5.92 Å². The van der Waals surface area contributed by atoms with Crippen LogP contribution < -0.4 is 5.32 Å². The van der Waals surface area contributed by atoms with Crippen molar-refractivity contribution >= 4 is 12.0 Å². The summed E-state index contributed by atoms with van der Waals surface area (Å²) >= 11 is 0. The first-order chi connectivity index (χ1) is 8.56. The number of amides is 2. The van der Waals surface area contributed by atoms with E-state index in [9.17, 15) is 14.7 Å². The summed E-state index contributed by atoms with van der Waals surface area (Å²) in [6.07, 6.45) is 4.33. The van der Waals surface area contributed by atoms with Crippen LogP contribution >= 0.6 is 0 Å². The molecule has 0 aromatic heterocycles. The second-order valence-corrected chi connectivity index (χ2v) is 5.10. The van der Waals surface area contributed by atoms with E-state index in [2.05, 4.69) is 19.2 Å². The molecule has 2 N–H and O–H groups in total. The van der Waals surface area contributed by atoms with Crippen LogP contribution in [-0.2, 0) is 4.79 Å². The van der Waals surface area contributed by atoms with Crippen LogP contribution in [0.4, 0.5) is 4.79 Å². The van der Waals surface area contributed by atoms with Gasteiger partial charge in [-0.25, -0.2) is 9.59 Å². The van der Waals surface area contributed by atoms with Crippen molar-refractivity contribution < 1.29 is 14.7 Å². The topological polar surface area (TPSA) is 69.6 Å². The van der Waals surface area contributed by atoms with Crippen LogP contribution in [0.2, 0.25) is 0 Å². The summed E-state index contributed by atoms with van der Waals surface area (Å²) in [6, 6.07) is -0.894. The Morgan fingerprint density at radius 2 is 2.11 bits per heavy atom. The Morgan fingerprint density at radius 3 is 2.72 bits per heavy atom. The van der Waals surface area contributed by atoms with E-state index in [0.29, 0.717) is 25.4 Å². The summed E-state index contributed by atoms with van der Waals surface area (Å²) in [6.45, 7) is 5.29. The predicted octanol–water partition coefficient (Wildman–Crippen LogP) is 2.07. The van der Waals surface area contributed by atoms with Crippen LogP contribution in [0.1, 0.15) is 46.0 Å². The largest absolute Gasteiger partial charge is 0.480 e. The molecule has 0 aliphatic carbocycles. The fourth-order valence-electron chi connectivity index (χ4n) is 2.12. The summed E-state index contributed by atoms with van der Waals surface area (Å²) in [5.41, 5.74) is 0. The van der Waals surface area contributed by atoms with Crippen LogP contribution in [0.5, 0.6) is 0 Å². The molecule has 2 amide bonds. The highest BCUT2D eigenvalue weighted by Crippen LogP contribution is 2.17. The summed E-state index contributed by atoms with van der Waals surface area (Å²) in [5, 5.41) is 12.0. The van der Waals surface area contributed by atoms with Crippen molar-refractivity contribution in [3.63, 3.8) is 0 Å². The van der Waals surface area contributed by atoms with Gasteiger partial charge in [0.25, 0.3) is 0 Å². The van der Waals surface area contributed by atoms with E-state index in [0.717, 1.165) is 25.7 Å². The second-order valence-electron chi connectivity index (χ2n) is 5.10. The monoisotopic (exact) mass is 256 g/mol. The number of aliphatic carboxylic acids is 1. The van der Waals surface area contributed by atoms with Gasteiger partial charge in [0.1, 0.15) is 6.04 Å². The minimum Gasteiger partial charge on any atom is -0.480 e. The van der Waals surface area contributed by atoms with Crippen molar-refractivity contribution in [2.75, 3.05) is 13.1 Å². The van der Waals surface area contributed by atoms with Crippen molar-refractivity contribution in [3.8, 4) is 0 Å². The maximum absolute atomic E-state index is 12.0. The smallest absolute Gasteiger partial charge is 0.326 e. The Labute approximate surface area is 109 Å². The number of carbonyl (C=O) groups is 2. The van der Waals surface area contributed by atoms with E-state index in [1.165, 1.54) is 4.90 Å². The Morgan fingerprint density at radius 1 is 1.39 bits per heavy atom. The number of carboxylic acids is 1. The van der Waals surface area contributed by atoms with Crippen molar-refractivity contribution in [1.29, 1.82) is 0 Å². The number of carboxylic acid groups (broad SMARTS) is 1. The lowest BCUT2D eigenvalue weighted by molar-refractivity contribution is -0.142. The van der Waals surface area contributed by atoms with Gasteiger partial charge in [0.2, 0.25) is 0 Å². The Kier molecular flexibility index (Phi) is 5.95. The molecule has 18 heavy (non-hydrogen) atoms.